The maximum absolute atomic E-state index is 12.4. The van der Waals surface area contributed by atoms with Gasteiger partial charge in [-0.1, -0.05) is 12.1 Å². The van der Waals surface area contributed by atoms with E-state index in [-0.39, 0.29) is 23.9 Å². The summed E-state index contributed by atoms with van der Waals surface area (Å²) >= 11 is 0. The normalized spacial score (nSPS) is 20.3. The molecule has 0 amide bonds. The van der Waals surface area contributed by atoms with Crippen LogP contribution in [0.1, 0.15) is 22.3 Å². The number of alkyl halides is 3. The van der Waals surface area contributed by atoms with E-state index in [2.05, 4.69) is 0 Å². The predicted molar refractivity (Wildman–Crippen MR) is 61.0 cm³/mol. The smallest absolute Gasteiger partial charge is 0.376 e. The van der Waals surface area contributed by atoms with Crippen molar-refractivity contribution in [3.8, 4) is 0 Å². The average molecular weight is 274 g/mol. The van der Waals surface area contributed by atoms with Crippen molar-refractivity contribution in [1.82, 2.24) is 0 Å². The van der Waals surface area contributed by atoms with Crippen molar-refractivity contribution < 1.29 is 27.4 Å². The van der Waals surface area contributed by atoms with Crippen molar-refractivity contribution in [3.63, 3.8) is 0 Å². The topological polar surface area (TPSA) is 35.5 Å². The zero-order chi connectivity index (χ0) is 13.9. The minimum absolute atomic E-state index is 0.116. The van der Waals surface area contributed by atoms with Crippen LogP contribution in [0.3, 0.4) is 0 Å². The van der Waals surface area contributed by atoms with Crippen LogP contribution in [0.25, 0.3) is 0 Å². The van der Waals surface area contributed by atoms with Crippen molar-refractivity contribution in [1.29, 1.82) is 0 Å². The van der Waals surface area contributed by atoms with Gasteiger partial charge in [0.1, 0.15) is 0 Å². The lowest BCUT2D eigenvalue weighted by molar-refractivity contribution is -0.137. The SMILES string of the molecule is O=C(CC1COCCO1)c1ccc(C(F)(F)F)cc1. The molecule has 0 aliphatic carbocycles. The number of rotatable bonds is 3. The molecule has 19 heavy (non-hydrogen) atoms. The molecule has 0 bridgehead atoms. The summed E-state index contributed by atoms with van der Waals surface area (Å²) in [7, 11) is 0. The third-order valence-corrected chi connectivity index (χ3v) is 2.83. The van der Waals surface area contributed by atoms with E-state index in [1.54, 1.807) is 0 Å². The van der Waals surface area contributed by atoms with Crippen LogP contribution in [0.15, 0.2) is 24.3 Å². The molecule has 6 heteroatoms. The van der Waals surface area contributed by atoms with Gasteiger partial charge in [-0.15, -0.1) is 0 Å². The largest absolute Gasteiger partial charge is 0.416 e. The van der Waals surface area contributed by atoms with E-state index in [1.807, 2.05) is 0 Å². The molecule has 1 aliphatic heterocycles. The van der Waals surface area contributed by atoms with E-state index >= 15 is 0 Å². The van der Waals surface area contributed by atoms with Crippen molar-refractivity contribution in [2.45, 2.75) is 18.7 Å². The van der Waals surface area contributed by atoms with Gasteiger partial charge < -0.3 is 9.47 Å². The summed E-state index contributed by atoms with van der Waals surface area (Å²) in [6.45, 7) is 1.28. The zero-order valence-corrected chi connectivity index (χ0v) is 10.1. The fourth-order valence-corrected chi connectivity index (χ4v) is 1.82. The Morgan fingerprint density at radius 1 is 1.21 bits per heavy atom. The number of ketones is 1. The summed E-state index contributed by atoms with van der Waals surface area (Å²) in [5.74, 6) is -0.246. The molecule has 1 heterocycles. The number of Topliss-reactive ketones (excluding diaryl/α,β-unsaturated/α-hetero) is 1. The number of carbonyl (C=O) groups is 1. The van der Waals surface area contributed by atoms with Gasteiger partial charge in [-0.3, -0.25) is 4.79 Å². The number of hydrogen-bond acceptors (Lipinski definition) is 3. The highest BCUT2D eigenvalue weighted by atomic mass is 19.4. The number of ether oxygens (including phenoxy) is 2. The Morgan fingerprint density at radius 3 is 2.42 bits per heavy atom. The van der Waals surface area contributed by atoms with Crippen LogP contribution in [0.2, 0.25) is 0 Å². The number of hydrogen-bond donors (Lipinski definition) is 0. The highest BCUT2D eigenvalue weighted by molar-refractivity contribution is 5.96. The molecule has 0 radical (unpaired) electrons. The first-order valence-corrected chi connectivity index (χ1v) is 5.86. The lowest BCUT2D eigenvalue weighted by atomic mass is 10.0. The molecular formula is C13H13F3O3. The highest BCUT2D eigenvalue weighted by Crippen LogP contribution is 2.29. The Labute approximate surface area is 108 Å². The van der Waals surface area contributed by atoms with Crippen molar-refractivity contribution >= 4 is 5.78 Å². The van der Waals surface area contributed by atoms with E-state index < -0.39 is 11.7 Å². The van der Waals surface area contributed by atoms with Crippen LogP contribution in [0.4, 0.5) is 13.2 Å². The summed E-state index contributed by atoms with van der Waals surface area (Å²) in [4.78, 5) is 11.9. The molecule has 1 fully saturated rings. The van der Waals surface area contributed by atoms with Crippen LogP contribution in [-0.2, 0) is 15.7 Å². The molecule has 0 spiro atoms. The first kappa shape index (κ1) is 14.0. The van der Waals surface area contributed by atoms with Crippen molar-refractivity contribution in [3.05, 3.63) is 35.4 Å². The van der Waals surface area contributed by atoms with Crippen molar-refractivity contribution in [2.75, 3.05) is 19.8 Å². The molecule has 1 aliphatic rings. The molecule has 1 saturated heterocycles. The minimum Gasteiger partial charge on any atom is -0.376 e. The standard InChI is InChI=1S/C13H13F3O3/c14-13(15,16)10-3-1-9(2-4-10)12(17)7-11-8-18-5-6-19-11/h1-4,11H,5-8H2. The maximum atomic E-state index is 12.4. The second kappa shape index (κ2) is 5.71. The number of benzene rings is 1. The molecule has 1 unspecified atom stereocenters. The van der Waals surface area contributed by atoms with Gasteiger partial charge in [-0.25, -0.2) is 0 Å². The fourth-order valence-electron chi connectivity index (χ4n) is 1.82. The van der Waals surface area contributed by atoms with E-state index in [1.165, 1.54) is 12.1 Å². The molecular weight excluding hydrogens is 261 g/mol. The van der Waals surface area contributed by atoms with Gasteiger partial charge in [-0.2, -0.15) is 13.2 Å². The summed E-state index contributed by atoms with van der Waals surface area (Å²) < 4.78 is 47.6. The molecule has 3 nitrogen and oxygen atoms in total. The van der Waals surface area contributed by atoms with Gasteiger partial charge in [0.05, 0.1) is 31.5 Å². The Kier molecular flexibility index (Phi) is 4.21. The lowest BCUT2D eigenvalue weighted by Crippen LogP contribution is -2.30. The van der Waals surface area contributed by atoms with Gasteiger partial charge in [0.25, 0.3) is 0 Å². The number of carbonyl (C=O) groups excluding carboxylic acids is 1. The highest BCUT2D eigenvalue weighted by Gasteiger charge is 2.30. The Balaban J connectivity index is 1.99. The molecule has 0 aromatic heterocycles. The number of halogens is 3. The first-order chi connectivity index (χ1) is 8.97. The van der Waals surface area contributed by atoms with E-state index in [4.69, 9.17) is 9.47 Å². The van der Waals surface area contributed by atoms with Crippen LogP contribution in [0.5, 0.6) is 0 Å². The molecule has 2 rings (SSSR count). The van der Waals surface area contributed by atoms with Gasteiger partial charge >= 0.3 is 6.18 Å². The third kappa shape index (κ3) is 3.78. The minimum atomic E-state index is -4.39. The summed E-state index contributed by atoms with van der Waals surface area (Å²) in [6.07, 6.45) is -4.59. The monoisotopic (exact) mass is 274 g/mol. The predicted octanol–water partition coefficient (Wildman–Crippen LogP) is 2.69. The maximum Gasteiger partial charge on any atom is 0.416 e. The second-order valence-electron chi connectivity index (χ2n) is 4.27. The zero-order valence-electron chi connectivity index (χ0n) is 10.1. The van der Waals surface area contributed by atoms with Crippen LogP contribution in [-0.4, -0.2) is 31.7 Å². The second-order valence-corrected chi connectivity index (χ2v) is 4.27. The molecule has 104 valence electrons. The van der Waals surface area contributed by atoms with Crippen LogP contribution in [0, 0.1) is 0 Å². The molecule has 1 aromatic carbocycles. The Hall–Kier alpha value is -1.40. The molecule has 0 N–H and O–H groups in total. The van der Waals surface area contributed by atoms with Crippen molar-refractivity contribution in [2.24, 2.45) is 0 Å². The van der Waals surface area contributed by atoms with Gasteiger partial charge in [-0.05, 0) is 12.1 Å². The summed E-state index contributed by atoms with van der Waals surface area (Å²) in [5, 5.41) is 0. The van der Waals surface area contributed by atoms with E-state index in [0.29, 0.717) is 19.8 Å². The summed E-state index contributed by atoms with van der Waals surface area (Å²) in [6, 6.07) is 4.20. The van der Waals surface area contributed by atoms with Crippen LogP contribution >= 0.6 is 0 Å². The lowest BCUT2D eigenvalue weighted by Gasteiger charge is -2.22. The third-order valence-electron chi connectivity index (χ3n) is 2.83. The summed E-state index contributed by atoms with van der Waals surface area (Å²) in [5.41, 5.74) is -0.511. The van der Waals surface area contributed by atoms with Gasteiger partial charge in [0.2, 0.25) is 0 Å². The first-order valence-electron chi connectivity index (χ1n) is 5.86. The average Bonchev–Trinajstić information content (AvgIpc) is 2.39. The van der Waals surface area contributed by atoms with E-state index in [9.17, 15) is 18.0 Å². The Bertz CT molecular complexity index is 433. The quantitative estimate of drug-likeness (QED) is 0.795. The molecule has 0 saturated carbocycles. The molecule has 1 aromatic rings. The van der Waals surface area contributed by atoms with Crippen LogP contribution < -0.4 is 0 Å². The van der Waals surface area contributed by atoms with E-state index in [0.717, 1.165) is 12.1 Å². The fraction of sp³-hybridized carbons (Fsp3) is 0.462. The molecule has 1 atom stereocenters. The van der Waals surface area contributed by atoms with Gasteiger partial charge in [0, 0.05) is 12.0 Å². The van der Waals surface area contributed by atoms with Gasteiger partial charge in [0.15, 0.2) is 5.78 Å². The Morgan fingerprint density at radius 2 is 1.89 bits per heavy atom.